The fraction of sp³-hybridized carbons (Fsp3) is 0.615. The quantitative estimate of drug-likeness (QED) is 0.847. The summed E-state index contributed by atoms with van der Waals surface area (Å²) in [6.07, 6.45) is 4.18. The summed E-state index contributed by atoms with van der Waals surface area (Å²) in [6, 6.07) is 1.91. The van der Waals surface area contributed by atoms with Gasteiger partial charge in [0.05, 0.1) is 9.50 Å². The number of hydrogen-bond acceptors (Lipinski definition) is 3. The first kappa shape index (κ1) is 14.1. The lowest BCUT2D eigenvalue weighted by Crippen LogP contribution is -2.37. The lowest BCUT2D eigenvalue weighted by Gasteiger charge is -2.34. The lowest BCUT2D eigenvalue weighted by atomic mass is 9.96. The molecule has 2 heterocycles. The summed E-state index contributed by atoms with van der Waals surface area (Å²) in [6.45, 7) is 3.33. The van der Waals surface area contributed by atoms with E-state index in [0.29, 0.717) is 5.02 Å². The zero-order chi connectivity index (χ0) is 13.1. The summed E-state index contributed by atoms with van der Waals surface area (Å²) in [4.78, 5) is 9.04. The van der Waals surface area contributed by atoms with Gasteiger partial charge in [0.2, 0.25) is 0 Å². The Labute approximate surface area is 122 Å². The zero-order valence-corrected chi connectivity index (χ0v) is 13.2. The number of anilines is 1. The van der Waals surface area contributed by atoms with Crippen LogP contribution in [0.1, 0.15) is 12.8 Å². The third kappa shape index (κ3) is 3.59. The van der Waals surface area contributed by atoms with Crippen LogP contribution in [0.5, 0.6) is 0 Å². The Morgan fingerprint density at radius 3 is 2.67 bits per heavy atom. The number of piperidine rings is 1. The third-order valence-electron chi connectivity index (χ3n) is 3.33. The monoisotopic (exact) mass is 331 g/mol. The number of pyridine rings is 1. The fourth-order valence-electron chi connectivity index (χ4n) is 2.48. The Hall–Kier alpha value is -0.320. The standard InChI is InChI=1S/C13H19BrClN3/c1-17(2)9-10-3-5-18(6-4-10)13-12(14)7-11(15)8-16-13/h7-8,10H,3-6,9H2,1-2H3. The van der Waals surface area contributed by atoms with Crippen molar-refractivity contribution in [2.24, 2.45) is 5.92 Å². The molecular formula is C13H19BrClN3. The molecule has 3 nitrogen and oxygen atoms in total. The van der Waals surface area contributed by atoms with Crippen molar-refractivity contribution in [3.05, 3.63) is 21.8 Å². The van der Waals surface area contributed by atoms with Crippen molar-refractivity contribution in [2.45, 2.75) is 12.8 Å². The maximum absolute atomic E-state index is 5.92. The van der Waals surface area contributed by atoms with Gasteiger partial charge in [0, 0.05) is 25.8 Å². The molecule has 0 amide bonds. The molecule has 1 aliphatic heterocycles. The van der Waals surface area contributed by atoms with Gasteiger partial charge >= 0.3 is 0 Å². The zero-order valence-electron chi connectivity index (χ0n) is 10.9. The van der Waals surface area contributed by atoms with Crippen molar-refractivity contribution in [2.75, 3.05) is 38.6 Å². The lowest BCUT2D eigenvalue weighted by molar-refractivity contribution is 0.284. The second-order valence-corrected chi connectivity index (χ2v) is 6.44. The van der Waals surface area contributed by atoms with E-state index in [4.69, 9.17) is 11.6 Å². The molecule has 0 atom stereocenters. The third-order valence-corrected chi connectivity index (χ3v) is 4.12. The van der Waals surface area contributed by atoms with Crippen LogP contribution >= 0.6 is 27.5 Å². The van der Waals surface area contributed by atoms with E-state index in [1.54, 1.807) is 6.20 Å². The largest absolute Gasteiger partial charge is 0.356 e. The molecule has 0 N–H and O–H groups in total. The molecule has 0 unspecified atom stereocenters. The van der Waals surface area contributed by atoms with Gasteiger partial charge in [-0.25, -0.2) is 4.98 Å². The average Bonchev–Trinajstić information content (AvgIpc) is 2.30. The first-order chi connectivity index (χ1) is 8.56. The van der Waals surface area contributed by atoms with Crippen LogP contribution in [0, 0.1) is 5.92 Å². The number of aromatic nitrogens is 1. The van der Waals surface area contributed by atoms with E-state index >= 15 is 0 Å². The predicted octanol–water partition coefficient (Wildman–Crippen LogP) is 3.28. The van der Waals surface area contributed by atoms with E-state index in [0.717, 1.165) is 29.3 Å². The van der Waals surface area contributed by atoms with Crippen LogP contribution in [0.2, 0.25) is 5.02 Å². The average molecular weight is 333 g/mol. The van der Waals surface area contributed by atoms with Crippen LogP contribution in [-0.4, -0.2) is 43.6 Å². The number of nitrogens with zero attached hydrogens (tertiary/aromatic N) is 3. The van der Waals surface area contributed by atoms with Gasteiger partial charge in [-0.15, -0.1) is 0 Å². The molecule has 2 rings (SSSR count). The highest BCUT2D eigenvalue weighted by Crippen LogP contribution is 2.29. The summed E-state index contributed by atoms with van der Waals surface area (Å²) >= 11 is 9.46. The van der Waals surface area contributed by atoms with Crippen molar-refractivity contribution in [3.63, 3.8) is 0 Å². The molecule has 100 valence electrons. The van der Waals surface area contributed by atoms with E-state index in [9.17, 15) is 0 Å². The Morgan fingerprint density at radius 2 is 2.11 bits per heavy atom. The van der Waals surface area contributed by atoms with Gasteiger partial charge in [0.1, 0.15) is 5.82 Å². The van der Waals surface area contributed by atoms with Crippen molar-refractivity contribution in [1.82, 2.24) is 9.88 Å². The summed E-state index contributed by atoms with van der Waals surface area (Å²) < 4.78 is 0.987. The maximum Gasteiger partial charge on any atom is 0.142 e. The second-order valence-electron chi connectivity index (χ2n) is 5.15. The molecule has 18 heavy (non-hydrogen) atoms. The van der Waals surface area contributed by atoms with Crippen LogP contribution in [0.4, 0.5) is 5.82 Å². The molecule has 0 radical (unpaired) electrons. The Bertz CT molecular complexity index is 403. The molecule has 0 saturated carbocycles. The smallest absolute Gasteiger partial charge is 0.142 e. The van der Waals surface area contributed by atoms with Crippen molar-refractivity contribution in [3.8, 4) is 0 Å². The van der Waals surface area contributed by atoms with Gasteiger partial charge in [-0.1, -0.05) is 11.6 Å². The van der Waals surface area contributed by atoms with Crippen molar-refractivity contribution < 1.29 is 0 Å². The molecule has 0 aliphatic carbocycles. The molecule has 0 bridgehead atoms. The maximum atomic E-state index is 5.92. The highest BCUT2D eigenvalue weighted by atomic mass is 79.9. The van der Waals surface area contributed by atoms with Gasteiger partial charge in [0.25, 0.3) is 0 Å². The second kappa shape index (κ2) is 6.22. The SMILES string of the molecule is CN(C)CC1CCN(c2ncc(Cl)cc2Br)CC1. The Balaban J connectivity index is 1.97. The van der Waals surface area contributed by atoms with Crippen LogP contribution in [0.15, 0.2) is 16.7 Å². The Kier molecular flexibility index (Phi) is 4.87. The highest BCUT2D eigenvalue weighted by molar-refractivity contribution is 9.10. The van der Waals surface area contributed by atoms with Gasteiger partial charge in [0.15, 0.2) is 0 Å². The minimum absolute atomic E-state index is 0.674. The van der Waals surface area contributed by atoms with E-state index in [-0.39, 0.29) is 0 Å². The van der Waals surface area contributed by atoms with Crippen molar-refractivity contribution >= 4 is 33.3 Å². The molecule has 1 fully saturated rings. The topological polar surface area (TPSA) is 19.4 Å². The van der Waals surface area contributed by atoms with Gasteiger partial charge in [-0.3, -0.25) is 0 Å². The molecule has 1 aromatic rings. The van der Waals surface area contributed by atoms with Crippen LogP contribution in [0.25, 0.3) is 0 Å². The van der Waals surface area contributed by atoms with Crippen LogP contribution in [0.3, 0.4) is 0 Å². The molecule has 5 heteroatoms. The van der Waals surface area contributed by atoms with E-state index in [2.05, 4.69) is 44.8 Å². The van der Waals surface area contributed by atoms with Gasteiger partial charge in [-0.2, -0.15) is 0 Å². The van der Waals surface area contributed by atoms with Gasteiger partial charge in [-0.05, 0) is 54.9 Å². The minimum atomic E-state index is 0.674. The number of hydrogen-bond donors (Lipinski definition) is 0. The van der Waals surface area contributed by atoms with Gasteiger partial charge < -0.3 is 9.80 Å². The molecule has 0 aromatic carbocycles. The predicted molar refractivity (Wildman–Crippen MR) is 80.4 cm³/mol. The van der Waals surface area contributed by atoms with E-state index < -0.39 is 0 Å². The summed E-state index contributed by atoms with van der Waals surface area (Å²) in [5, 5.41) is 0.674. The normalized spacial score (nSPS) is 17.5. The van der Waals surface area contributed by atoms with E-state index in [1.807, 2.05) is 6.07 Å². The Morgan fingerprint density at radius 1 is 1.44 bits per heavy atom. The minimum Gasteiger partial charge on any atom is -0.356 e. The first-order valence-corrected chi connectivity index (χ1v) is 7.44. The molecular weight excluding hydrogens is 314 g/mol. The van der Waals surface area contributed by atoms with Crippen molar-refractivity contribution in [1.29, 1.82) is 0 Å². The first-order valence-electron chi connectivity index (χ1n) is 6.27. The number of rotatable bonds is 3. The highest BCUT2D eigenvalue weighted by Gasteiger charge is 2.21. The van der Waals surface area contributed by atoms with E-state index in [1.165, 1.54) is 19.4 Å². The molecule has 1 aromatic heterocycles. The van der Waals surface area contributed by atoms with Crippen LogP contribution in [-0.2, 0) is 0 Å². The van der Waals surface area contributed by atoms with Crippen LogP contribution < -0.4 is 4.90 Å². The molecule has 1 aliphatic rings. The molecule has 0 spiro atoms. The summed E-state index contributed by atoms with van der Waals surface area (Å²) in [7, 11) is 4.29. The number of halogens is 2. The summed E-state index contributed by atoms with van der Waals surface area (Å²) in [5.74, 6) is 1.82. The summed E-state index contributed by atoms with van der Waals surface area (Å²) in [5.41, 5.74) is 0. The molecule has 1 saturated heterocycles. The fourth-order valence-corrected chi connectivity index (χ4v) is 3.37.